The monoisotopic (exact) mass is 318 g/mol. The summed E-state index contributed by atoms with van der Waals surface area (Å²) in [4.78, 5) is 6.95. The van der Waals surface area contributed by atoms with Gasteiger partial charge in [0.2, 0.25) is 0 Å². The summed E-state index contributed by atoms with van der Waals surface area (Å²) < 4.78 is 0. The van der Waals surface area contributed by atoms with Crippen LogP contribution in [0.4, 0.5) is 5.69 Å². The molecule has 1 aromatic carbocycles. The van der Waals surface area contributed by atoms with Crippen LogP contribution in [0.2, 0.25) is 0 Å². The number of nitrogens with zero attached hydrogens (tertiary/aromatic N) is 2. The van der Waals surface area contributed by atoms with Crippen molar-refractivity contribution in [1.29, 1.82) is 0 Å². The number of guanidine groups is 1. The van der Waals surface area contributed by atoms with Crippen LogP contribution in [0, 0.1) is 5.92 Å². The van der Waals surface area contributed by atoms with Gasteiger partial charge in [-0.15, -0.1) is 0 Å². The lowest BCUT2D eigenvalue weighted by Crippen LogP contribution is -2.41. The number of para-hydroxylation sites is 1. The molecule has 1 aromatic rings. The molecule has 0 saturated carbocycles. The molecule has 0 amide bonds. The Bertz CT molecular complexity index is 489. The molecular formula is C18H30N4O. The fraction of sp³-hybridized carbons (Fsp3) is 0.611. The molecule has 0 radical (unpaired) electrons. The third-order valence-corrected chi connectivity index (χ3v) is 4.17. The number of hydrogen-bond acceptors (Lipinski definition) is 3. The SMILES string of the molecule is CCNC(=NCC(Nc1ccccc1)C(C)C)N1CC[C@@H](O)C1. The molecule has 1 fully saturated rings. The lowest BCUT2D eigenvalue weighted by Gasteiger charge is -2.25. The van der Waals surface area contributed by atoms with Crippen LogP contribution in [0.5, 0.6) is 0 Å². The van der Waals surface area contributed by atoms with E-state index in [1.165, 1.54) is 0 Å². The number of benzene rings is 1. The zero-order valence-electron chi connectivity index (χ0n) is 14.5. The molecule has 23 heavy (non-hydrogen) atoms. The molecule has 128 valence electrons. The van der Waals surface area contributed by atoms with Gasteiger partial charge in [-0.1, -0.05) is 32.0 Å². The second-order valence-corrected chi connectivity index (χ2v) is 6.44. The fourth-order valence-electron chi connectivity index (χ4n) is 2.72. The van der Waals surface area contributed by atoms with Crippen LogP contribution < -0.4 is 10.6 Å². The van der Waals surface area contributed by atoms with Crippen molar-refractivity contribution < 1.29 is 5.11 Å². The van der Waals surface area contributed by atoms with E-state index in [2.05, 4.69) is 48.4 Å². The Kier molecular flexibility index (Phi) is 6.71. The number of likely N-dealkylation sites (tertiary alicyclic amines) is 1. The average Bonchev–Trinajstić information content (AvgIpc) is 2.97. The van der Waals surface area contributed by atoms with Gasteiger partial charge in [-0.2, -0.15) is 0 Å². The second-order valence-electron chi connectivity index (χ2n) is 6.44. The summed E-state index contributed by atoms with van der Waals surface area (Å²) in [6.07, 6.45) is 0.586. The Morgan fingerprint density at radius 2 is 2.09 bits per heavy atom. The Labute approximate surface area is 139 Å². The number of aliphatic hydroxyl groups is 1. The van der Waals surface area contributed by atoms with Gasteiger partial charge in [0.25, 0.3) is 0 Å². The zero-order valence-corrected chi connectivity index (χ0v) is 14.5. The van der Waals surface area contributed by atoms with Crippen molar-refractivity contribution in [3.05, 3.63) is 30.3 Å². The molecule has 0 aliphatic carbocycles. The summed E-state index contributed by atoms with van der Waals surface area (Å²) >= 11 is 0. The molecule has 1 unspecified atom stereocenters. The second kappa shape index (κ2) is 8.77. The first-order valence-electron chi connectivity index (χ1n) is 8.63. The molecule has 0 spiro atoms. The fourth-order valence-corrected chi connectivity index (χ4v) is 2.72. The van der Waals surface area contributed by atoms with Gasteiger partial charge in [0.05, 0.1) is 12.6 Å². The minimum Gasteiger partial charge on any atom is -0.391 e. The van der Waals surface area contributed by atoms with E-state index < -0.39 is 0 Å². The molecule has 1 saturated heterocycles. The van der Waals surface area contributed by atoms with Gasteiger partial charge in [-0.3, -0.25) is 4.99 Å². The van der Waals surface area contributed by atoms with Gasteiger partial charge < -0.3 is 20.6 Å². The zero-order chi connectivity index (χ0) is 16.7. The molecule has 2 rings (SSSR count). The molecular weight excluding hydrogens is 288 g/mol. The summed E-state index contributed by atoms with van der Waals surface area (Å²) in [5.74, 6) is 1.38. The molecule has 1 aliphatic heterocycles. The molecule has 0 aromatic heterocycles. The van der Waals surface area contributed by atoms with Crippen molar-refractivity contribution >= 4 is 11.6 Å². The standard InChI is InChI=1S/C18H30N4O/c1-4-19-18(22-11-10-16(23)13-22)20-12-17(14(2)3)21-15-8-6-5-7-9-15/h5-9,14,16-17,21,23H,4,10-13H2,1-3H3,(H,19,20)/t16-,17?/m1/s1. The largest absolute Gasteiger partial charge is 0.391 e. The van der Waals surface area contributed by atoms with E-state index in [0.29, 0.717) is 19.0 Å². The summed E-state index contributed by atoms with van der Waals surface area (Å²) in [6, 6.07) is 10.5. The number of aliphatic imine (C=N–C) groups is 1. The van der Waals surface area contributed by atoms with Gasteiger partial charge >= 0.3 is 0 Å². The molecule has 0 bridgehead atoms. The number of rotatable bonds is 6. The van der Waals surface area contributed by atoms with E-state index >= 15 is 0 Å². The summed E-state index contributed by atoms with van der Waals surface area (Å²) in [5.41, 5.74) is 1.13. The number of hydrogen-bond donors (Lipinski definition) is 3. The van der Waals surface area contributed by atoms with Gasteiger partial charge in [0.1, 0.15) is 0 Å². The summed E-state index contributed by atoms with van der Waals surface area (Å²) in [6.45, 7) is 9.58. The Balaban J connectivity index is 2.01. The van der Waals surface area contributed by atoms with E-state index in [-0.39, 0.29) is 12.1 Å². The van der Waals surface area contributed by atoms with Crippen molar-refractivity contribution in [1.82, 2.24) is 10.2 Å². The first kappa shape index (κ1) is 17.6. The molecule has 3 N–H and O–H groups in total. The highest BCUT2D eigenvalue weighted by Crippen LogP contribution is 2.14. The molecule has 5 heteroatoms. The van der Waals surface area contributed by atoms with E-state index in [0.717, 1.165) is 31.2 Å². The van der Waals surface area contributed by atoms with Crippen molar-refractivity contribution in [3.8, 4) is 0 Å². The van der Waals surface area contributed by atoms with E-state index in [1.807, 2.05) is 18.2 Å². The lowest BCUT2D eigenvalue weighted by molar-refractivity contribution is 0.187. The number of β-amino-alcohol motifs (C(OH)–C–C–N with tert-alkyl or cyclic N) is 1. The average molecular weight is 318 g/mol. The van der Waals surface area contributed by atoms with E-state index in [1.54, 1.807) is 0 Å². The predicted molar refractivity (Wildman–Crippen MR) is 96.9 cm³/mol. The maximum Gasteiger partial charge on any atom is 0.194 e. The van der Waals surface area contributed by atoms with Crippen LogP contribution >= 0.6 is 0 Å². The highest BCUT2D eigenvalue weighted by atomic mass is 16.3. The van der Waals surface area contributed by atoms with Crippen molar-refractivity contribution in [2.75, 3.05) is 31.5 Å². The molecule has 1 aliphatic rings. The number of aliphatic hydroxyl groups excluding tert-OH is 1. The minimum atomic E-state index is -0.234. The van der Waals surface area contributed by atoms with Gasteiger partial charge in [-0.25, -0.2) is 0 Å². The van der Waals surface area contributed by atoms with Crippen molar-refractivity contribution in [3.63, 3.8) is 0 Å². The van der Waals surface area contributed by atoms with Crippen LogP contribution in [0.1, 0.15) is 27.2 Å². The van der Waals surface area contributed by atoms with Gasteiger partial charge in [0.15, 0.2) is 5.96 Å². The van der Waals surface area contributed by atoms with Crippen LogP contribution in [0.15, 0.2) is 35.3 Å². The highest BCUT2D eigenvalue weighted by Gasteiger charge is 2.23. The molecule has 5 nitrogen and oxygen atoms in total. The van der Waals surface area contributed by atoms with Gasteiger partial charge in [-0.05, 0) is 31.4 Å². The summed E-state index contributed by atoms with van der Waals surface area (Å²) in [5, 5.41) is 16.7. The third-order valence-electron chi connectivity index (χ3n) is 4.17. The quantitative estimate of drug-likeness (QED) is 0.556. The van der Waals surface area contributed by atoms with Crippen LogP contribution in [0.3, 0.4) is 0 Å². The van der Waals surface area contributed by atoms with E-state index in [4.69, 9.17) is 4.99 Å². The smallest absolute Gasteiger partial charge is 0.194 e. The number of anilines is 1. The van der Waals surface area contributed by atoms with Crippen LogP contribution in [-0.4, -0.2) is 54.3 Å². The molecule has 1 heterocycles. The Hall–Kier alpha value is -1.75. The third kappa shape index (κ3) is 5.43. The van der Waals surface area contributed by atoms with Crippen LogP contribution in [-0.2, 0) is 0 Å². The van der Waals surface area contributed by atoms with Crippen molar-refractivity contribution in [2.45, 2.75) is 39.3 Å². The van der Waals surface area contributed by atoms with Crippen LogP contribution in [0.25, 0.3) is 0 Å². The first-order chi connectivity index (χ1) is 11.1. The maximum atomic E-state index is 9.74. The van der Waals surface area contributed by atoms with Crippen molar-refractivity contribution in [2.24, 2.45) is 10.9 Å². The van der Waals surface area contributed by atoms with Gasteiger partial charge in [0, 0.05) is 31.4 Å². The highest BCUT2D eigenvalue weighted by molar-refractivity contribution is 5.80. The number of nitrogens with one attached hydrogen (secondary N) is 2. The summed E-state index contributed by atoms with van der Waals surface area (Å²) in [7, 11) is 0. The Morgan fingerprint density at radius 1 is 1.35 bits per heavy atom. The predicted octanol–water partition coefficient (Wildman–Crippen LogP) is 2.16. The first-order valence-corrected chi connectivity index (χ1v) is 8.63. The lowest BCUT2D eigenvalue weighted by atomic mass is 10.0. The maximum absolute atomic E-state index is 9.74. The normalized spacial score (nSPS) is 20.0. The minimum absolute atomic E-state index is 0.234. The van der Waals surface area contributed by atoms with E-state index in [9.17, 15) is 5.11 Å². The molecule has 2 atom stereocenters. The Morgan fingerprint density at radius 3 is 2.65 bits per heavy atom. The topological polar surface area (TPSA) is 59.9 Å².